The third-order valence-electron chi connectivity index (χ3n) is 2.97. The van der Waals surface area contributed by atoms with Crippen molar-refractivity contribution in [2.45, 2.75) is 25.8 Å². The van der Waals surface area contributed by atoms with Gasteiger partial charge >= 0.3 is 0 Å². The zero-order chi connectivity index (χ0) is 12.8. The van der Waals surface area contributed by atoms with Gasteiger partial charge in [-0.15, -0.1) is 0 Å². The fourth-order valence-electron chi connectivity index (χ4n) is 1.95. The number of nitrogens with one attached hydrogen (secondary N) is 2. The molecule has 1 aromatic carbocycles. The van der Waals surface area contributed by atoms with Gasteiger partial charge < -0.3 is 10.3 Å². The van der Waals surface area contributed by atoms with E-state index in [0.717, 1.165) is 30.8 Å². The molecule has 1 heterocycles. The lowest BCUT2D eigenvalue weighted by Gasteiger charge is -2.14. The Balaban J connectivity index is 1.75. The van der Waals surface area contributed by atoms with Crippen molar-refractivity contribution in [3.8, 4) is 0 Å². The van der Waals surface area contributed by atoms with Gasteiger partial charge in [-0.1, -0.05) is 18.2 Å². The van der Waals surface area contributed by atoms with Gasteiger partial charge in [-0.05, 0) is 26.0 Å². The van der Waals surface area contributed by atoms with E-state index in [0.29, 0.717) is 0 Å². The Labute approximate surface area is 106 Å². The van der Waals surface area contributed by atoms with Crippen molar-refractivity contribution >= 4 is 0 Å². The topological polar surface area (TPSA) is 40.7 Å². The summed E-state index contributed by atoms with van der Waals surface area (Å²) in [6, 6.07) is 6.92. The molecule has 0 saturated carbocycles. The van der Waals surface area contributed by atoms with Crippen LogP contribution >= 0.6 is 0 Å². The molecule has 2 aromatic rings. The van der Waals surface area contributed by atoms with Gasteiger partial charge in [0.15, 0.2) is 0 Å². The second-order valence-electron chi connectivity index (χ2n) is 4.34. The van der Waals surface area contributed by atoms with Gasteiger partial charge in [-0.3, -0.25) is 0 Å². The third kappa shape index (κ3) is 3.40. The highest BCUT2D eigenvalue weighted by Crippen LogP contribution is 2.15. The minimum Gasteiger partial charge on any atom is -0.349 e. The van der Waals surface area contributed by atoms with E-state index >= 15 is 0 Å². The van der Waals surface area contributed by atoms with Crippen molar-refractivity contribution in [1.29, 1.82) is 0 Å². The summed E-state index contributed by atoms with van der Waals surface area (Å²) in [5.74, 6) is 0.846. The lowest BCUT2D eigenvalue weighted by molar-refractivity contribution is 0.519. The van der Waals surface area contributed by atoms with E-state index in [1.165, 1.54) is 6.07 Å². The molecule has 0 saturated heterocycles. The summed E-state index contributed by atoms with van der Waals surface area (Å²) in [4.78, 5) is 7.23. The molecule has 3 nitrogen and oxygen atoms in total. The second kappa shape index (κ2) is 6.31. The van der Waals surface area contributed by atoms with E-state index in [1.54, 1.807) is 12.3 Å². The molecule has 1 unspecified atom stereocenters. The van der Waals surface area contributed by atoms with Gasteiger partial charge in [0.25, 0.3) is 0 Å². The summed E-state index contributed by atoms with van der Waals surface area (Å²) in [7, 11) is 0. The number of H-pyrrole nitrogens is 1. The average Bonchev–Trinajstić information content (AvgIpc) is 2.88. The number of imidazole rings is 1. The van der Waals surface area contributed by atoms with Gasteiger partial charge in [0.05, 0.1) is 0 Å². The van der Waals surface area contributed by atoms with Crippen LogP contribution in [0.1, 0.15) is 30.8 Å². The largest absolute Gasteiger partial charge is 0.349 e. The van der Waals surface area contributed by atoms with Crippen molar-refractivity contribution in [3.63, 3.8) is 0 Å². The van der Waals surface area contributed by atoms with Gasteiger partial charge in [0.2, 0.25) is 0 Å². The summed E-state index contributed by atoms with van der Waals surface area (Å²) < 4.78 is 13.5. The van der Waals surface area contributed by atoms with E-state index in [-0.39, 0.29) is 11.9 Å². The van der Waals surface area contributed by atoms with Gasteiger partial charge in [0, 0.05) is 30.4 Å². The number of nitrogens with zero attached hydrogens (tertiary/aromatic N) is 1. The second-order valence-corrected chi connectivity index (χ2v) is 4.34. The maximum atomic E-state index is 13.5. The summed E-state index contributed by atoms with van der Waals surface area (Å²) >= 11 is 0. The third-order valence-corrected chi connectivity index (χ3v) is 2.97. The van der Waals surface area contributed by atoms with Gasteiger partial charge in [-0.25, -0.2) is 9.37 Å². The molecule has 2 rings (SSSR count). The summed E-state index contributed by atoms with van der Waals surface area (Å²) in [6.45, 7) is 2.82. The van der Waals surface area contributed by atoms with Crippen LogP contribution in [0.3, 0.4) is 0 Å². The highest BCUT2D eigenvalue weighted by Gasteiger charge is 2.08. The van der Waals surface area contributed by atoms with Crippen LogP contribution in [0.4, 0.5) is 4.39 Å². The standard InChI is InChI=1S/C14H18FN3/c1-11(12-5-2-3-6-13(12)15)16-8-4-7-14-17-9-10-18-14/h2-3,5-6,9-11,16H,4,7-8H2,1H3,(H,17,18). The molecule has 0 bridgehead atoms. The molecule has 0 aliphatic rings. The normalized spacial score (nSPS) is 12.6. The molecule has 18 heavy (non-hydrogen) atoms. The van der Waals surface area contributed by atoms with Crippen molar-refractivity contribution in [2.75, 3.05) is 6.54 Å². The number of aromatic nitrogens is 2. The fraction of sp³-hybridized carbons (Fsp3) is 0.357. The van der Waals surface area contributed by atoms with Crippen LogP contribution in [0.5, 0.6) is 0 Å². The Kier molecular flexibility index (Phi) is 4.47. The lowest BCUT2D eigenvalue weighted by Crippen LogP contribution is -2.21. The number of benzene rings is 1. The van der Waals surface area contributed by atoms with E-state index < -0.39 is 0 Å². The summed E-state index contributed by atoms with van der Waals surface area (Å²) in [5.41, 5.74) is 0.718. The van der Waals surface area contributed by atoms with Crippen LogP contribution in [0.2, 0.25) is 0 Å². The number of aromatic amines is 1. The minimum atomic E-state index is -0.150. The highest BCUT2D eigenvalue weighted by atomic mass is 19.1. The Morgan fingerprint density at radius 1 is 1.39 bits per heavy atom. The first-order chi connectivity index (χ1) is 8.77. The zero-order valence-electron chi connectivity index (χ0n) is 10.5. The van der Waals surface area contributed by atoms with Crippen LogP contribution in [-0.4, -0.2) is 16.5 Å². The molecule has 4 heteroatoms. The number of rotatable bonds is 6. The molecule has 2 N–H and O–H groups in total. The van der Waals surface area contributed by atoms with Crippen LogP contribution in [0, 0.1) is 5.82 Å². The summed E-state index contributed by atoms with van der Waals surface area (Å²) in [6.07, 6.45) is 5.46. The van der Waals surface area contributed by atoms with Crippen LogP contribution in [0.25, 0.3) is 0 Å². The monoisotopic (exact) mass is 247 g/mol. The van der Waals surface area contributed by atoms with Crippen molar-refractivity contribution in [2.24, 2.45) is 0 Å². The van der Waals surface area contributed by atoms with E-state index in [2.05, 4.69) is 15.3 Å². The van der Waals surface area contributed by atoms with E-state index in [9.17, 15) is 4.39 Å². The maximum absolute atomic E-state index is 13.5. The molecule has 0 aliphatic carbocycles. The predicted octanol–water partition coefficient (Wildman–Crippen LogP) is 2.83. The molecule has 0 spiro atoms. The van der Waals surface area contributed by atoms with E-state index in [1.807, 2.05) is 25.3 Å². The Morgan fingerprint density at radius 3 is 2.94 bits per heavy atom. The number of hydrogen-bond acceptors (Lipinski definition) is 2. The number of hydrogen-bond donors (Lipinski definition) is 2. The van der Waals surface area contributed by atoms with Crippen LogP contribution in [0.15, 0.2) is 36.7 Å². The number of halogens is 1. The molecule has 0 radical (unpaired) electrons. The molecule has 0 fully saturated rings. The zero-order valence-corrected chi connectivity index (χ0v) is 10.5. The molecule has 0 aliphatic heterocycles. The maximum Gasteiger partial charge on any atom is 0.127 e. The molecular weight excluding hydrogens is 229 g/mol. The van der Waals surface area contributed by atoms with Crippen molar-refractivity contribution < 1.29 is 4.39 Å². The van der Waals surface area contributed by atoms with E-state index in [4.69, 9.17) is 0 Å². The average molecular weight is 247 g/mol. The Bertz CT molecular complexity index is 468. The Morgan fingerprint density at radius 2 is 2.22 bits per heavy atom. The first-order valence-corrected chi connectivity index (χ1v) is 6.23. The molecule has 96 valence electrons. The van der Waals surface area contributed by atoms with Gasteiger partial charge in [0.1, 0.15) is 11.6 Å². The smallest absolute Gasteiger partial charge is 0.127 e. The molecule has 1 aromatic heterocycles. The quantitative estimate of drug-likeness (QED) is 0.771. The van der Waals surface area contributed by atoms with Crippen molar-refractivity contribution in [1.82, 2.24) is 15.3 Å². The first kappa shape index (κ1) is 12.8. The highest BCUT2D eigenvalue weighted by molar-refractivity contribution is 5.20. The van der Waals surface area contributed by atoms with Crippen molar-refractivity contribution in [3.05, 3.63) is 53.9 Å². The first-order valence-electron chi connectivity index (χ1n) is 6.23. The Hall–Kier alpha value is -1.68. The fourth-order valence-corrected chi connectivity index (χ4v) is 1.95. The van der Waals surface area contributed by atoms with Crippen LogP contribution in [-0.2, 0) is 6.42 Å². The summed E-state index contributed by atoms with van der Waals surface area (Å²) in [5, 5.41) is 3.32. The molecule has 0 amide bonds. The van der Waals surface area contributed by atoms with Gasteiger partial charge in [-0.2, -0.15) is 0 Å². The lowest BCUT2D eigenvalue weighted by atomic mass is 10.1. The number of aryl methyl sites for hydroxylation is 1. The molecule has 1 atom stereocenters. The SMILES string of the molecule is CC(NCCCc1ncc[nH]1)c1ccccc1F. The molecular formula is C14H18FN3. The van der Waals surface area contributed by atoms with Crippen LogP contribution < -0.4 is 5.32 Å². The predicted molar refractivity (Wildman–Crippen MR) is 69.7 cm³/mol. The minimum absolute atomic E-state index is 0.0304.